The van der Waals surface area contributed by atoms with Crippen LogP contribution in [0.15, 0.2) is 0 Å². The van der Waals surface area contributed by atoms with Gasteiger partial charge in [-0.15, -0.1) is 0 Å². The first-order valence-electron chi connectivity index (χ1n) is 4.49. The maximum Gasteiger partial charge on any atom is 0.184 e. The van der Waals surface area contributed by atoms with E-state index in [0.29, 0.717) is 13.2 Å². The van der Waals surface area contributed by atoms with Crippen LogP contribution in [-0.2, 0) is 14.2 Å². The zero-order valence-corrected chi connectivity index (χ0v) is 7.07. The molecule has 2 aliphatic heterocycles. The molecular formula is C8H15NO3. The van der Waals surface area contributed by atoms with E-state index in [0.717, 1.165) is 19.4 Å². The van der Waals surface area contributed by atoms with Gasteiger partial charge in [-0.3, -0.25) is 0 Å². The first kappa shape index (κ1) is 8.44. The van der Waals surface area contributed by atoms with Gasteiger partial charge in [0.15, 0.2) is 6.29 Å². The molecular weight excluding hydrogens is 158 g/mol. The molecule has 70 valence electrons. The van der Waals surface area contributed by atoms with E-state index in [4.69, 9.17) is 19.9 Å². The van der Waals surface area contributed by atoms with Crippen molar-refractivity contribution in [2.24, 2.45) is 5.73 Å². The monoisotopic (exact) mass is 173 g/mol. The van der Waals surface area contributed by atoms with Crippen molar-refractivity contribution in [1.29, 1.82) is 0 Å². The molecule has 0 aromatic heterocycles. The van der Waals surface area contributed by atoms with Gasteiger partial charge < -0.3 is 19.9 Å². The topological polar surface area (TPSA) is 53.7 Å². The Morgan fingerprint density at radius 3 is 2.83 bits per heavy atom. The standard InChI is InChI=1S/C8H15NO3/c9-4-6-5-11-8(12-6)7-2-1-3-10-7/h6-8H,1-5,9H2. The quantitative estimate of drug-likeness (QED) is 0.631. The molecule has 3 unspecified atom stereocenters. The maximum atomic E-state index is 5.52. The Hall–Kier alpha value is -0.160. The summed E-state index contributed by atoms with van der Waals surface area (Å²) in [6, 6.07) is 0. The summed E-state index contributed by atoms with van der Waals surface area (Å²) in [5, 5.41) is 0. The smallest absolute Gasteiger partial charge is 0.184 e. The number of hydrogen-bond acceptors (Lipinski definition) is 4. The Labute approximate surface area is 72.0 Å². The van der Waals surface area contributed by atoms with Gasteiger partial charge in [0.2, 0.25) is 0 Å². The molecule has 12 heavy (non-hydrogen) atoms. The van der Waals surface area contributed by atoms with E-state index in [1.807, 2.05) is 0 Å². The van der Waals surface area contributed by atoms with Crippen LogP contribution in [0.4, 0.5) is 0 Å². The van der Waals surface area contributed by atoms with Crippen molar-refractivity contribution in [2.45, 2.75) is 31.3 Å². The Balaban J connectivity index is 1.81. The highest BCUT2D eigenvalue weighted by molar-refractivity contribution is 4.75. The zero-order chi connectivity index (χ0) is 8.39. The van der Waals surface area contributed by atoms with Crippen LogP contribution in [0.3, 0.4) is 0 Å². The second-order valence-electron chi connectivity index (χ2n) is 3.25. The van der Waals surface area contributed by atoms with Gasteiger partial charge >= 0.3 is 0 Å². The second kappa shape index (κ2) is 3.70. The van der Waals surface area contributed by atoms with Crippen LogP contribution in [0.2, 0.25) is 0 Å². The van der Waals surface area contributed by atoms with E-state index in [2.05, 4.69) is 0 Å². The lowest BCUT2D eigenvalue weighted by Gasteiger charge is -2.16. The van der Waals surface area contributed by atoms with Gasteiger partial charge in [-0.25, -0.2) is 0 Å². The number of rotatable bonds is 2. The van der Waals surface area contributed by atoms with Crippen molar-refractivity contribution in [2.75, 3.05) is 19.8 Å². The summed E-state index contributed by atoms with van der Waals surface area (Å²) in [5.41, 5.74) is 5.45. The van der Waals surface area contributed by atoms with E-state index in [9.17, 15) is 0 Å². The molecule has 0 aromatic carbocycles. The second-order valence-corrected chi connectivity index (χ2v) is 3.25. The van der Waals surface area contributed by atoms with E-state index in [1.54, 1.807) is 0 Å². The molecule has 0 radical (unpaired) electrons. The zero-order valence-electron chi connectivity index (χ0n) is 7.07. The van der Waals surface area contributed by atoms with E-state index >= 15 is 0 Å². The lowest BCUT2D eigenvalue weighted by atomic mass is 10.2. The van der Waals surface area contributed by atoms with Crippen molar-refractivity contribution < 1.29 is 14.2 Å². The molecule has 4 heteroatoms. The average Bonchev–Trinajstić information content (AvgIpc) is 2.75. The largest absolute Gasteiger partial charge is 0.373 e. The Morgan fingerprint density at radius 1 is 1.33 bits per heavy atom. The fourth-order valence-electron chi connectivity index (χ4n) is 1.61. The van der Waals surface area contributed by atoms with Crippen LogP contribution in [0, 0.1) is 0 Å². The van der Waals surface area contributed by atoms with Crippen molar-refractivity contribution in [1.82, 2.24) is 0 Å². The van der Waals surface area contributed by atoms with Crippen molar-refractivity contribution in [3.05, 3.63) is 0 Å². The molecule has 2 fully saturated rings. The minimum absolute atomic E-state index is 0.0687. The molecule has 0 saturated carbocycles. The van der Waals surface area contributed by atoms with Gasteiger partial charge in [-0.1, -0.05) is 0 Å². The molecule has 4 nitrogen and oxygen atoms in total. The first-order valence-corrected chi connectivity index (χ1v) is 4.49. The third kappa shape index (κ3) is 1.61. The van der Waals surface area contributed by atoms with Crippen LogP contribution in [-0.4, -0.2) is 38.3 Å². The first-order chi connectivity index (χ1) is 5.90. The maximum absolute atomic E-state index is 5.52. The Kier molecular flexibility index (Phi) is 2.60. The summed E-state index contributed by atoms with van der Waals surface area (Å²) >= 11 is 0. The number of ether oxygens (including phenoxy) is 3. The van der Waals surface area contributed by atoms with Gasteiger partial charge in [0.1, 0.15) is 6.10 Å². The predicted octanol–water partition coefficient (Wildman–Crippen LogP) is -0.134. The molecule has 3 atom stereocenters. The van der Waals surface area contributed by atoms with E-state index in [1.165, 1.54) is 0 Å². The molecule has 2 heterocycles. The summed E-state index contributed by atoms with van der Waals surface area (Å²) in [7, 11) is 0. The summed E-state index contributed by atoms with van der Waals surface area (Å²) in [6.45, 7) is 1.98. The lowest BCUT2D eigenvalue weighted by molar-refractivity contribution is -0.134. The van der Waals surface area contributed by atoms with Crippen molar-refractivity contribution >= 4 is 0 Å². The van der Waals surface area contributed by atoms with E-state index < -0.39 is 0 Å². The van der Waals surface area contributed by atoms with Gasteiger partial charge in [-0.2, -0.15) is 0 Å². The minimum Gasteiger partial charge on any atom is -0.373 e. The summed E-state index contributed by atoms with van der Waals surface area (Å²) in [5.74, 6) is 0. The molecule has 2 rings (SSSR count). The number of nitrogens with two attached hydrogens (primary N) is 1. The molecule has 0 amide bonds. The van der Waals surface area contributed by atoms with Crippen LogP contribution >= 0.6 is 0 Å². The average molecular weight is 173 g/mol. The van der Waals surface area contributed by atoms with Crippen LogP contribution in [0.25, 0.3) is 0 Å². The van der Waals surface area contributed by atoms with Crippen molar-refractivity contribution in [3.63, 3.8) is 0 Å². The SMILES string of the molecule is NCC1COC(C2CCCO2)O1. The van der Waals surface area contributed by atoms with Crippen LogP contribution in [0.5, 0.6) is 0 Å². The molecule has 0 spiro atoms. The van der Waals surface area contributed by atoms with Crippen LogP contribution < -0.4 is 5.73 Å². The minimum atomic E-state index is -0.166. The third-order valence-electron chi connectivity index (χ3n) is 2.30. The summed E-state index contributed by atoms with van der Waals surface area (Å²) < 4.78 is 16.4. The van der Waals surface area contributed by atoms with E-state index in [-0.39, 0.29) is 18.5 Å². The molecule has 0 aromatic rings. The fourth-order valence-corrected chi connectivity index (χ4v) is 1.61. The highest BCUT2D eigenvalue weighted by Crippen LogP contribution is 2.23. The molecule has 2 aliphatic rings. The summed E-state index contributed by atoms with van der Waals surface area (Å²) in [6.07, 6.45) is 2.20. The van der Waals surface area contributed by atoms with Crippen LogP contribution in [0.1, 0.15) is 12.8 Å². The number of hydrogen-bond donors (Lipinski definition) is 1. The van der Waals surface area contributed by atoms with Gasteiger partial charge in [0.25, 0.3) is 0 Å². The van der Waals surface area contributed by atoms with Gasteiger partial charge in [-0.05, 0) is 12.8 Å². The fraction of sp³-hybridized carbons (Fsp3) is 1.00. The van der Waals surface area contributed by atoms with Gasteiger partial charge in [0, 0.05) is 13.2 Å². The Bertz CT molecular complexity index is 147. The molecule has 2 saturated heterocycles. The molecule has 2 N–H and O–H groups in total. The normalized spacial score (nSPS) is 42.2. The lowest BCUT2D eigenvalue weighted by Crippen LogP contribution is -2.28. The predicted molar refractivity (Wildman–Crippen MR) is 42.6 cm³/mol. The third-order valence-corrected chi connectivity index (χ3v) is 2.30. The molecule has 0 aliphatic carbocycles. The summed E-state index contributed by atoms with van der Waals surface area (Å²) in [4.78, 5) is 0. The highest BCUT2D eigenvalue weighted by Gasteiger charge is 2.34. The highest BCUT2D eigenvalue weighted by atomic mass is 16.7. The molecule has 0 bridgehead atoms. The Morgan fingerprint density at radius 2 is 2.25 bits per heavy atom. The van der Waals surface area contributed by atoms with Crippen molar-refractivity contribution in [3.8, 4) is 0 Å². The van der Waals surface area contributed by atoms with Gasteiger partial charge in [0.05, 0.1) is 12.7 Å².